The zero-order valence-electron chi connectivity index (χ0n) is 11.4. The normalized spacial score (nSPS) is 10.2. The summed E-state index contributed by atoms with van der Waals surface area (Å²) >= 11 is 0. The molecular formula is C14H14F2N4O. The van der Waals surface area contributed by atoms with Gasteiger partial charge in [-0.15, -0.1) is 0 Å². The molecule has 1 aromatic heterocycles. The van der Waals surface area contributed by atoms with Crippen molar-refractivity contribution in [3.63, 3.8) is 0 Å². The van der Waals surface area contributed by atoms with Gasteiger partial charge in [-0.3, -0.25) is 4.79 Å². The predicted octanol–water partition coefficient (Wildman–Crippen LogP) is 2.64. The fourth-order valence-electron chi connectivity index (χ4n) is 1.58. The van der Waals surface area contributed by atoms with Crippen LogP contribution in [-0.4, -0.2) is 22.4 Å². The predicted molar refractivity (Wildman–Crippen MR) is 74.3 cm³/mol. The number of carbonyl (C=O) groups is 1. The van der Waals surface area contributed by atoms with E-state index in [1.807, 2.05) is 6.92 Å². The average molecular weight is 292 g/mol. The fraction of sp³-hybridized carbons (Fsp3) is 0.214. The summed E-state index contributed by atoms with van der Waals surface area (Å²) in [7, 11) is 0. The fourth-order valence-corrected chi connectivity index (χ4v) is 1.58. The van der Waals surface area contributed by atoms with Crippen LogP contribution in [-0.2, 0) is 0 Å². The lowest BCUT2D eigenvalue weighted by molar-refractivity contribution is 0.0953. The number of hydrogen-bond acceptors (Lipinski definition) is 4. The highest BCUT2D eigenvalue weighted by Crippen LogP contribution is 2.20. The number of aromatic nitrogens is 2. The molecule has 0 fully saturated rings. The van der Waals surface area contributed by atoms with Crippen molar-refractivity contribution in [3.05, 3.63) is 47.8 Å². The van der Waals surface area contributed by atoms with E-state index in [2.05, 4.69) is 20.6 Å². The first-order chi connectivity index (χ1) is 10.1. The van der Waals surface area contributed by atoms with Crippen molar-refractivity contribution in [3.8, 4) is 0 Å². The summed E-state index contributed by atoms with van der Waals surface area (Å²) in [6.45, 7) is 2.49. The van der Waals surface area contributed by atoms with Crippen LogP contribution in [0.15, 0.2) is 30.6 Å². The Balaban J connectivity index is 2.11. The minimum absolute atomic E-state index is 0.00559. The molecule has 21 heavy (non-hydrogen) atoms. The Morgan fingerprint density at radius 3 is 2.38 bits per heavy atom. The number of hydrogen-bond donors (Lipinski definition) is 2. The highest BCUT2D eigenvalue weighted by molar-refractivity contribution is 5.93. The minimum atomic E-state index is -0.747. The number of benzene rings is 1. The van der Waals surface area contributed by atoms with Crippen molar-refractivity contribution in [2.75, 3.05) is 11.9 Å². The van der Waals surface area contributed by atoms with Crippen molar-refractivity contribution in [2.45, 2.75) is 13.3 Å². The first-order valence-electron chi connectivity index (χ1n) is 6.43. The number of carbonyl (C=O) groups excluding carboxylic acids is 1. The van der Waals surface area contributed by atoms with Crippen molar-refractivity contribution >= 4 is 17.5 Å². The standard InChI is InChI=1S/C14H14F2N4O/c1-2-6-17-13(21)9-7-18-14(19-8-9)20-12-10(15)4-3-5-11(12)16/h3-5,7-8H,2,6H2,1H3,(H,17,21)(H,18,19,20). The van der Waals surface area contributed by atoms with Crippen LogP contribution in [0.4, 0.5) is 20.4 Å². The Hall–Kier alpha value is -2.57. The largest absolute Gasteiger partial charge is 0.352 e. The average Bonchev–Trinajstić information content (AvgIpc) is 2.49. The van der Waals surface area contributed by atoms with Gasteiger partial charge in [-0.1, -0.05) is 13.0 Å². The Bertz CT molecular complexity index is 611. The molecule has 7 heteroatoms. The topological polar surface area (TPSA) is 66.9 Å². The van der Waals surface area contributed by atoms with Crippen LogP contribution in [0.5, 0.6) is 0 Å². The number of anilines is 2. The van der Waals surface area contributed by atoms with Crippen molar-refractivity contribution in [2.24, 2.45) is 0 Å². The molecule has 1 heterocycles. The summed E-state index contributed by atoms with van der Waals surface area (Å²) in [5, 5.41) is 5.12. The van der Waals surface area contributed by atoms with Gasteiger partial charge < -0.3 is 10.6 Å². The Morgan fingerprint density at radius 2 is 1.81 bits per heavy atom. The first-order valence-corrected chi connectivity index (χ1v) is 6.43. The van der Waals surface area contributed by atoms with E-state index in [1.165, 1.54) is 18.5 Å². The molecule has 2 N–H and O–H groups in total. The first kappa shape index (κ1) is 14.8. The van der Waals surface area contributed by atoms with Crippen LogP contribution in [0.25, 0.3) is 0 Å². The highest BCUT2D eigenvalue weighted by atomic mass is 19.1. The van der Waals surface area contributed by atoms with Gasteiger partial charge in [-0.2, -0.15) is 0 Å². The van der Waals surface area contributed by atoms with Crippen LogP contribution >= 0.6 is 0 Å². The molecule has 5 nitrogen and oxygen atoms in total. The van der Waals surface area contributed by atoms with Crippen LogP contribution in [0, 0.1) is 11.6 Å². The molecule has 0 unspecified atom stereocenters. The van der Waals surface area contributed by atoms with E-state index in [9.17, 15) is 13.6 Å². The molecule has 110 valence electrons. The van der Waals surface area contributed by atoms with Gasteiger partial charge in [0.25, 0.3) is 5.91 Å². The Morgan fingerprint density at radius 1 is 1.19 bits per heavy atom. The molecule has 0 spiro atoms. The molecule has 0 bridgehead atoms. The number of nitrogens with one attached hydrogen (secondary N) is 2. The second kappa shape index (κ2) is 6.74. The third-order valence-corrected chi connectivity index (χ3v) is 2.65. The maximum atomic E-state index is 13.5. The molecule has 1 aromatic carbocycles. The van der Waals surface area contributed by atoms with E-state index in [-0.39, 0.29) is 23.1 Å². The number of rotatable bonds is 5. The van der Waals surface area contributed by atoms with E-state index in [0.717, 1.165) is 18.6 Å². The summed E-state index contributed by atoms with van der Waals surface area (Å²) < 4.78 is 26.9. The van der Waals surface area contributed by atoms with Crippen molar-refractivity contribution in [1.29, 1.82) is 0 Å². The minimum Gasteiger partial charge on any atom is -0.352 e. The van der Waals surface area contributed by atoms with Gasteiger partial charge in [0.1, 0.15) is 17.3 Å². The lowest BCUT2D eigenvalue weighted by Crippen LogP contribution is -2.24. The second-order valence-corrected chi connectivity index (χ2v) is 4.27. The molecular weight excluding hydrogens is 278 g/mol. The van der Waals surface area contributed by atoms with E-state index < -0.39 is 11.6 Å². The molecule has 0 aliphatic heterocycles. The van der Waals surface area contributed by atoms with Crippen LogP contribution in [0.2, 0.25) is 0 Å². The summed E-state index contributed by atoms with van der Waals surface area (Å²) in [5.41, 5.74) is -0.0521. The molecule has 0 saturated heterocycles. The Labute approximate surface area is 120 Å². The summed E-state index contributed by atoms with van der Waals surface area (Å²) in [6, 6.07) is 3.51. The number of nitrogens with zero attached hydrogens (tertiary/aromatic N) is 2. The van der Waals surface area contributed by atoms with Crippen molar-refractivity contribution in [1.82, 2.24) is 15.3 Å². The quantitative estimate of drug-likeness (QED) is 0.889. The van der Waals surface area contributed by atoms with Gasteiger partial charge in [0.2, 0.25) is 5.95 Å². The molecule has 0 saturated carbocycles. The summed E-state index contributed by atoms with van der Waals surface area (Å²) in [5.74, 6) is -1.78. The van der Waals surface area contributed by atoms with Crippen molar-refractivity contribution < 1.29 is 13.6 Å². The van der Waals surface area contributed by atoms with Gasteiger partial charge in [0.15, 0.2) is 0 Å². The molecule has 0 aliphatic carbocycles. The second-order valence-electron chi connectivity index (χ2n) is 4.27. The lowest BCUT2D eigenvalue weighted by atomic mass is 10.3. The van der Waals surface area contributed by atoms with Crippen LogP contribution < -0.4 is 10.6 Å². The molecule has 2 rings (SSSR count). The number of halogens is 2. The maximum absolute atomic E-state index is 13.5. The highest BCUT2D eigenvalue weighted by Gasteiger charge is 2.11. The molecule has 0 aliphatic rings. The van der Waals surface area contributed by atoms with Gasteiger partial charge in [0.05, 0.1) is 5.56 Å². The summed E-state index contributed by atoms with van der Waals surface area (Å²) in [6.07, 6.45) is 3.40. The van der Waals surface area contributed by atoms with E-state index in [1.54, 1.807) is 0 Å². The Kier molecular flexibility index (Phi) is 4.76. The lowest BCUT2D eigenvalue weighted by Gasteiger charge is -2.07. The van der Waals surface area contributed by atoms with Crippen LogP contribution in [0.3, 0.4) is 0 Å². The van der Waals surface area contributed by atoms with Gasteiger partial charge in [-0.25, -0.2) is 18.7 Å². The molecule has 1 amide bonds. The van der Waals surface area contributed by atoms with E-state index in [4.69, 9.17) is 0 Å². The third kappa shape index (κ3) is 3.71. The van der Waals surface area contributed by atoms with Gasteiger partial charge >= 0.3 is 0 Å². The van der Waals surface area contributed by atoms with E-state index in [0.29, 0.717) is 6.54 Å². The molecule has 2 aromatic rings. The SMILES string of the molecule is CCCNC(=O)c1cnc(Nc2c(F)cccc2F)nc1. The summed E-state index contributed by atoms with van der Waals surface area (Å²) in [4.78, 5) is 19.4. The van der Waals surface area contributed by atoms with E-state index >= 15 is 0 Å². The zero-order chi connectivity index (χ0) is 15.2. The molecule has 0 atom stereocenters. The van der Waals surface area contributed by atoms with Gasteiger partial charge in [-0.05, 0) is 18.6 Å². The number of para-hydroxylation sites is 1. The zero-order valence-corrected chi connectivity index (χ0v) is 11.4. The third-order valence-electron chi connectivity index (χ3n) is 2.65. The van der Waals surface area contributed by atoms with Gasteiger partial charge in [0, 0.05) is 18.9 Å². The molecule has 0 radical (unpaired) electrons. The monoisotopic (exact) mass is 292 g/mol. The maximum Gasteiger partial charge on any atom is 0.254 e. The smallest absolute Gasteiger partial charge is 0.254 e. The number of amides is 1. The van der Waals surface area contributed by atoms with Crippen LogP contribution in [0.1, 0.15) is 23.7 Å².